The molecule has 5 rings (SSSR count). The number of rotatable bonds is 3. The fourth-order valence-corrected chi connectivity index (χ4v) is 5.17. The monoisotopic (exact) mass is 381 g/mol. The Morgan fingerprint density at radius 1 is 1.21 bits per heavy atom. The van der Waals surface area contributed by atoms with E-state index in [2.05, 4.69) is 25.8 Å². The molecular formula is C23H27NO4. The van der Waals surface area contributed by atoms with E-state index in [4.69, 9.17) is 13.9 Å². The minimum atomic E-state index is -0.815. The van der Waals surface area contributed by atoms with Crippen LogP contribution in [0.25, 0.3) is 16.7 Å². The minimum absolute atomic E-state index is 0.0395. The number of esters is 1. The summed E-state index contributed by atoms with van der Waals surface area (Å²) < 4.78 is 18.0. The van der Waals surface area contributed by atoms with Gasteiger partial charge in [-0.15, -0.1) is 0 Å². The number of oxazole rings is 1. The molecule has 3 atom stereocenters. The molecule has 5 nitrogen and oxygen atoms in total. The van der Waals surface area contributed by atoms with Crippen molar-refractivity contribution in [2.45, 2.75) is 64.6 Å². The van der Waals surface area contributed by atoms with Crippen LogP contribution < -0.4 is 0 Å². The molecule has 28 heavy (non-hydrogen) atoms. The number of benzene rings is 1. The third-order valence-electron chi connectivity index (χ3n) is 7.66. The lowest BCUT2D eigenvalue weighted by molar-refractivity contribution is -0.179. The number of hydrogen-bond acceptors (Lipinski definition) is 5. The summed E-state index contributed by atoms with van der Waals surface area (Å²) in [4.78, 5) is 17.8. The highest BCUT2D eigenvalue weighted by atomic mass is 16.6. The Bertz CT molecular complexity index is 929. The van der Waals surface area contributed by atoms with E-state index in [-0.39, 0.29) is 22.9 Å². The van der Waals surface area contributed by atoms with Crippen LogP contribution in [0.1, 0.15) is 58.8 Å². The average Bonchev–Trinajstić information content (AvgIpc) is 3.26. The molecule has 2 bridgehead atoms. The zero-order chi connectivity index (χ0) is 19.6. The number of fused-ring (bicyclic) bond motifs is 3. The van der Waals surface area contributed by atoms with Crippen LogP contribution in [-0.2, 0) is 14.3 Å². The molecule has 1 saturated carbocycles. The van der Waals surface area contributed by atoms with Gasteiger partial charge < -0.3 is 13.9 Å². The molecule has 1 aliphatic heterocycles. The molecule has 0 spiro atoms. The highest BCUT2D eigenvalue weighted by Gasteiger charge is 2.71. The standard InChI is InChI=1S/C23H27NO4/c1-21(2)22(3)11-12-23(21,26-14-22)20(25)27-16-8-6-7-15(13-16)19-24-17-9-4-5-10-18(17)28-19/h4-5,9-10,13,16H,6-8,11-12,14H2,1-3H3/t16-,22-,23+/m0/s1. The Hall–Kier alpha value is -2.14. The predicted octanol–water partition coefficient (Wildman–Crippen LogP) is 4.90. The fourth-order valence-electron chi connectivity index (χ4n) is 5.17. The third-order valence-corrected chi connectivity index (χ3v) is 7.66. The number of allylic oxidation sites excluding steroid dienone is 1. The summed E-state index contributed by atoms with van der Waals surface area (Å²) in [7, 11) is 0. The highest BCUT2D eigenvalue weighted by molar-refractivity contribution is 5.83. The SMILES string of the molecule is CC1(C)[C@@]2(C)CC[C@]1(C(=O)O[C@@H]1C=C(c3nc4ccccc4o3)CCC1)OC2. The first kappa shape index (κ1) is 17.9. The van der Waals surface area contributed by atoms with Crippen molar-refractivity contribution in [2.24, 2.45) is 10.8 Å². The summed E-state index contributed by atoms with van der Waals surface area (Å²) in [5.74, 6) is 0.421. The maximum absolute atomic E-state index is 13.2. The number of carbonyl (C=O) groups is 1. The van der Waals surface area contributed by atoms with Gasteiger partial charge in [0.1, 0.15) is 11.6 Å². The van der Waals surface area contributed by atoms with Crippen LogP contribution in [0.3, 0.4) is 0 Å². The molecule has 148 valence electrons. The third kappa shape index (κ3) is 2.35. The van der Waals surface area contributed by atoms with Crippen molar-refractivity contribution < 1.29 is 18.7 Å². The first-order valence-corrected chi connectivity index (χ1v) is 10.3. The maximum Gasteiger partial charge on any atom is 0.339 e. The Morgan fingerprint density at radius 2 is 2.04 bits per heavy atom. The van der Waals surface area contributed by atoms with Gasteiger partial charge in [-0.05, 0) is 55.7 Å². The van der Waals surface area contributed by atoms with Gasteiger partial charge in [0, 0.05) is 11.0 Å². The first-order valence-electron chi connectivity index (χ1n) is 10.3. The molecule has 2 heterocycles. The van der Waals surface area contributed by atoms with E-state index in [9.17, 15) is 4.79 Å². The zero-order valence-electron chi connectivity index (χ0n) is 16.8. The number of hydrogen-bond donors (Lipinski definition) is 0. The molecule has 1 aromatic heterocycles. The van der Waals surface area contributed by atoms with Crippen LogP contribution in [0.4, 0.5) is 0 Å². The normalized spacial score (nSPS) is 33.8. The van der Waals surface area contributed by atoms with Crippen molar-refractivity contribution in [1.29, 1.82) is 0 Å². The van der Waals surface area contributed by atoms with E-state index in [1.165, 1.54) is 0 Å². The van der Waals surface area contributed by atoms with Crippen LogP contribution in [0.2, 0.25) is 0 Å². The number of nitrogens with zero attached hydrogens (tertiary/aromatic N) is 1. The predicted molar refractivity (Wildman–Crippen MR) is 106 cm³/mol. The Balaban J connectivity index is 1.38. The molecule has 2 aromatic rings. The van der Waals surface area contributed by atoms with Crippen LogP contribution >= 0.6 is 0 Å². The van der Waals surface area contributed by atoms with Crippen LogP contribution in [-0.4, -0.2) is 29.3 Å². The number of ether oxygens (including phenoxy) is 2. The van der Waals surface area contributed by atoms with Gasteiger partial charge in [-0.3, -0.25) is 0 Å². The maximum atomic E-state index is 13.2. The fraction of sp³-hybridized carbons (Fsp3) is 0.565. The van der Waals surface area contributed by atoms with Gasteiger partial charge in [-0.1, -0.05) is 32.9 Å². The van der Waals surface area contributed by atoms with E-state index in [1.54, 1.807) is 0 Å². The Morgan fingerprint density at radius 3 is 2.71 bits per heavy atom. The van der Waals surface area contributed by atoms with Gasteiger partial charge >= 0.3 is 5.97 Å². The topological polar surface area (TPSA) is 61.6 Å². The number of para-hydroxylation sites is 2. The first-order chi connectivity index (χ1) is 13.3. The minimum Gasteiger partial charge on any atom is -0.456 e. The summed E-state index contributed by atoms with van der Waals surface area (Å²) in [5.41, 5.74) is 1.65. The van der Waals surface area contributed by atoms with Crippen molar-refractivity contribution in [3.63, 3.8) is 0 Å². The van der Waals surface area contributed by atoms with Crippen LogP contribution in [0, 0.1) is 10.8 Å². The summed E-state index contributed by atoms with van der Waals surface area (Å²) in [6, 6.07) is 7.75. The Labute approximate surface area is 165 Å². The van der Waals surface area contributed by atoms with Crippen molar-refractivity contribution in [2.75, 3.05) is 6.61 Å². The molecule has 0 unspecified atom stereocenters. The lowest BCUT2D eigenvalue weighted by atomic mass is 9.66. The lowest BCUT2D eigenvalue weighted by Crippen LogP contribution is -2.49. The second kappa shape index (κ2) is 5.93. The smallest absolute Gasteiger partial charge is 0.339 e. The Kier molecular flexibility index (Phi) is 3.80. The number of aromatic nitrogens is 1. The molecule has 2 fully saturated rings. The van der Waals surface area contributed by atoms with E-state index in [1.807, 2.05) is 30.3 Å². The molecule has 1 aromatic carbocycles. The summed E-state index contributed by atoms with van der Waals surface area (Å²) >= 11 is 0. The van der Waals surface area contributed by atoms with Crippen molar-refractivity contribution in [3.8, 4) is 0 Å². The largest absolute Gasteiger partial charge is 0.456 e. The van der Waals surface area contributed by atoms with Gasteiger partial charge in [-0.25, -0.2) is 9.78 Å². The zero-order valence-corrected chi connectivity index (χ0v) is 16.8. The van der Waals surface area contributed by atoms with E-state index >= 15 is 0 Å². The molecule has 0 N–H and O–H groups in total. The quantitative estimate of drug-likeness (QED) is 0.708. The molecule has 5 heteroatoms. The summed E-state index contributed by atoms with van der Waals surface area (Å²) in [5, 5.41) is 0. The average molecular weight is 381 g/mol. The lowest BCUT2D eigenvalue weighted by Gasteiger charge is -2.37. The van der Waals surface area contributed by atoms with E-state index < -0.39 is 5.60 Å². The molecule has 3 aliphatic rings. The van der Waals surface area contributed by atoms with Gasteiger partial charge in [0.15, 0.2) is 11.2 Å². The van der Waals surface area contributed by atoms with Gasteiger partial charge in [0.2, 0.25) is 5.89 Å². The second-order valence-corrected chi connectivity index (χ2v) is 9.32. The second-order valence-electron chi connectivity index (χ2n) is 9.32. The van der Waals surface area contributed by atoms with Crippen LogP contribution in [0.15, 0.2) is 34.8 Å². The number of carbonyl (C=O) groups excluding carboxylic acids is 1. The van der Waals surface area contributed by atoms with Gasteiger partial charge in [0.25, 0.3) is 0 Å². The van der Waals surface area contributed by atoms with Gasteiger partial charge in [-0.2, -0.15) is 0 Å². The van der Waals surface area contributed by atoms with Crippen molar-refractivity contribution >= 4 is 22.6 Å². The molecule has 0 amide bonds. The van der Waals surface area contributed by atoms with Crippen molar-refractivity contribution in [1.82, 2.24) is 4.98 Å². The summed E-state index contributed by atoms with van der Waals surface area (Å²) in [6.45, 7) is 7.15. The summed E-state index contributed by atoms with van der Waals surface area (Å²) in [6.07, 6.45) is 6.14. The van der Waals surface area contributed by atoms with Crippen molar-refractivity contribution in [3.05, 3.63) is 36.2 Å². The molecular weight excluding hydrogens is 354 g/mol. The van der Waals surface area contributed by atoms with E-state index in [0.29, 0.717) is 12.5 Å². The highest BCUT2D eigenvalue weighted by Crippen LogP contribution is 2.65. The van der Waals surface area contributed by atoms with E-state index in [0.717, 1.165) is 48.8 Å². The molecule has 0 radical (unpaired) electrons. The van der Waals surface area contributed by atoms with Gasteiger partial charge in [0.05, 0.1) is 6.61 Å². The van der Waals surface area contributed by atoms with Crippen LogP contribution in [0.5, 0.6) is 0 Å². The molecule has 1 saturated heterocycles. The molecule has 2 aliphatic carbocycles.